The SMILES string of the molecule is COCCn1cc(-c2ccnc(N)n2)c2cc(C#CC(C)(O)c3ncco3)ncc21. The topological polar surface area (TPSA) is 125 Å². The van der Waals surface area contributed by atoms with Gasteiger partial charge in [0.1, 0.15) is 12.0 Å². The number of ether oxygens (including phenoxy) is 1. The summed E-state index contributed by atoms with van der Waals surface area (Å²) in [6, 6.07) is 3.65. The lowest BCUT2D eigenvalue weighted by Crippen LogP contribution is -2.18. The first-order chi connectivity index (χ1) is 14.5. The first-order valence-corrected chi connectivity index (χ1v) is 9.20. The lowest BCUT2D eigenvalue weighted by atomic mass is 10.1. The first-order valence-electron chi connectivity index (χ1n) is 9.20. The molecule has 0 spiro atoms. The Balaban J connectivity index is 1.79. The highest BCUT2D eigenvalue weighted by atomic mass is 16.5. The van der Waals surface area contributed by atoms with Crippen LogP contribution in [0, 0.1) is 11.8 Å². The molecule has 0 fully saturated rings. The molecule has 4 aromatic heterocycles. The molecule has 9 nitrogen and oxygen atoms in total. The number of aliphatic hydroxyl groups is 1. The van der Waals surface area contributed by atoms with Gasteiger partial charge in [-0.1, -0.05) is 5.92 Å². The Morgan fingerprint density at radius 3 is 2.90 bits per heavy atom. The lowest BCUT2D eigenvalue weighted by molar-refractivity contribution is 0.0892. The largest absolute Gasteiger partial charge is 0.445 e. The number of nitrogen functional groups attached to an aromatic ring is 1. The number of methoxy groups -OCH3 is 1. The molecule has 1 unspecified atom stereocenters. The molecule has 0 amide bonds. The molecule has 0 bridgehead atoms. The molecule has 4 aromatic rings. The van der Waals surface area contributed by atoms with Crippen LogP contribution in [0.5, 0.6) is 0 Å². The van der Waals surface area contributed by atoms with E-state index < -0.39 is 5.60 Å². The quantitative estimate of drug-likeness (QED) is 0.484. The van der Waals surface area contributed by atoms with Crippen molar-refractivity contribution in [3.63, 3.8) is 0 Å². The molecule has 9 heteroatoms. The summed E-state index contributed by atoms with van der Waals surface area (Å²) in [5.74, 6) is 5.99. The maximum Gasteiger partial charge on any atom is 0.238 e. The number of oxazole rings is 1. The summed E-state index contributed by atoms with van der Waals surface area (Å²) in [5, 5.41) is 11.4. The molecule has 0 saturated heterocycles. The average Bonchev–Trinajstić information content (AvgIpc) is 3.39. The van der Waals surface area contributed by atoms with Gasteiger partial charge in [0.15, 0.2) is 5.60 Å². The molecule has 0 radical (unpaired) electrons. The fourth-order valence-corrected chi connectivity index (χ4v) is 3.06. The Bertz CT molecular complexity index is 1230. The van der Waals surface area contributed by atoms with Crippen molar-refractivity contribution in [1.29, 1.82) is 0 Å². The van der Waals surface area contributed by atoms with Crippen molar-refractivity contribution in [2.45, 2.75) is 19.1 Å². The van der Waals surface area contributed by atoms with Gasteiger partial charge in [-0.2, -0.15) is 0 Å². The Hall–Kier alpha value is -3.74. The minimum Gasteiger partial charge on any atom is -0.445 e. The van der Waals surface area contributed by atoms with E-state index in [1.807, 2.05) is 16.8 Å². The number of fused-ring (bicyclic) bond motifs is 1. The molecular formula is C21H20N6O3. The highest BCUT2D eigenvalue weighted by molar-refractivity contribution is 5.95. The molecule has 1 atom stereocenters. The number of pyridine rings is 1. The summed E-state index contributed by atoms with van der Waals surface area (Å²) in [4.78, 5) is 16.7. The van der Waals surface area contributed by atoms with E-state index in [1.165, 1.54) is 19.4 Å². The number of nitrogens with zero attached hydrogens (tertiary/aromatic N) is 5. The third kappa shape index (κ3) is 3.87. The molecule has 0 aliphatic rings. The van der Waals surface area contributed by atoms with Gasteiger partial charge in [0, 0.05) is 37.0 Å². The van der Waals surface area contributed by atoms with Gasteiger partial charge in [-0.3, -0.25) is 0 Å². The number of rotatable bonds is 5. The summed E-state index contributed by atoms with van der Waals surface area (Å²) in [7, 11) is 1.66. The van der Waals surface area contributed by atoms with Crippen molar-refractivity contribution in [2.24, 2.45) is 0 Å². The molecule has 152 valence electrons. The van der Waals surface area contributed by atoms with E-state index in [4.69, 9.17) is 14.9 Å². The highest BCUT2D eigenvalue weighted by Gasteiger charge is 2.25. The molecule has 30 heavy (non-hydrogen) atoms. The lowest BCUT2D eigenvalue weighted by Gasteiger charge is -2.10. The Kier molecular flexibility index (Phi) is 5.18. The van der Waals surface area contributed by atoms with Crippen molar-refractivity contribution >= 4 is 16.9 Å². The standard InChI is InChI=1S/C21H20N6O3/c1-21(28,19-23-7-9-30-19)5-3-14-11-15-16(17-4-6-24-20(22)26-17)13-27(8-10-29-2)18(15)12-25-14/h4,6-7,9,11-13,28H,8,10H2,1-2H3,(H2,22,24,26). The van der Waals surface area contributed by atoms with E-state index in [1.54, 1.807) is 25.6 Å². The maximum atomic E-state index is 10.5. The molecule has 0 aliphatic heterocycles. The number of anilines is 1. The summed E-state index contributed by atoms with van der Waals surface area (Å²) < 4.78 is 12.4. The minimum absolute atomic E-state index is 0.124. The van der Waals surface area contributed by atoms with Crippen LogP contribution in [0.4, 0.5) is 5.95 Å². The molecule has 4 heterocycles. The third-order valence-electron chi connectivity index (χ3n) is 4.54. The van der Waals surface area contributed by atoms with Gasteiger partial charge in [-0.15, -0.1) is 0 Å². The summed E-state index contributed by atoms with van der Waals surface area (Å²) in [6.45, 7) is 2.72. The predicted molar refractivity (Wildman–Crippen MR) is 110 cm³/mol. The fraction of sp³-hybridized carbons (Fsp3) is 0.238. The zero-order valence-corrected chi connectivity index (χ0v) is 16.5. The van der Waals surface area contributed by atoms with Gasteiger partial charge in [0.05, 0.1) is 30.2 Å². The predicted octanol–water partition coefficient (Wildman–Crippen LogP) is 1.97. The van der Waals surface area contributed by atoms with Gasteiger partial charge < -0.3 is 24.6 Å². The van der Waals surface area contributed by atoms with Gasteiger partial charge in [-0.25, -0.2) is 19.9 Å². The number of hydrogen-bond donors (Lipinski definition) is 2. The Labute approximate surface area is 172 Å². The van der Waals surface area contributed by atoms with E-state index in [0.717, 1.165) is 16.5 Å². The summed E-state index contributed by atoms with van der Waals surface area (Å²) in [6.07, 6.45) is 8.18. The van der Waals surface area contributed by atoms with Crippen LogP contribution in [0.3, 0.4) is 0 Å². The van der Waals surface area contributed by atoms with E-state index in [0.29, 0.717) is 24.5 Å². The molecule has 4 rings (SSSR count). The Morgan fingerprint density at radius 1 is 1.30 bits per heavy atom. The Morgan fingerprint density at radius 2 is 2.17 bits per heavy atom. The van der Waals surface area contributed by atoms with Crippen molar-refractivity contribution < 1.29 is 14.3 Å². The monoisotopic (exact) mass is 404 g/mol. The van der Waals surface area contributed by atoms with E-state index in [9.17, 15) is 5.11 Å². The molecule has 0 saturated carbocycles. The minimum atomic E-state index is -1.53. The van der Waals surface area contributed by atoms with Crippen LogP contribution in [0.2, 0.25) is 0 Å². The molecule has 0 aliphatic carbocycles. The van der Waals surface area contributed by atoms with Crippen molar-refractivity contribution in [3.05, 3.63) is 54.8 Å². The van der Waals surface area contributed by atoms with Gasteiger partial charge in [0.25, 0.3) is 0 Å². The van der Waals surface area contributed by atoms with E-state index >= 15 is 0 Å². The normalized spacial score (nSPS) is 13.0. The van der Waals surface area contributed by atoms with Crippen molar-refractivity contribution in [2.75, 3.05) is 19.5 Å². The number of hydrogen-bond acceptors (Lipinski definition) is 8. The highest BCUT2D eigenvalue weighted by Crippen LogP contribution is 2.30. The maximum absolute atomic E-state index is 10.5. The van der Waals surface area contributed by atoms with Crippen LogP contribution < -0.4 is 5.73 Å². The van der Waals surface area contributed by atoms with Crippen LogP contribution in [-0.4, -0.2) is 43.3 Å². The van der Waals surface area contributed by atoms with Crippen LogP contribution in [0.1, 0.15) is 18.5 Å². The van der Waals surface area contributed by atoms with Crippen molar-refractivity contribution in [1.82, 2.24) is 24.5 Å². The van der Waals surface area contributed by atoms with Crippen LogP contribution in [0.15, 0.2) is 47.6 Å². The first kappa shape index (κ1) is 19.6. The molecule has 3 N–H and O–H groups in total. The smallest absolute Gasteiger partial charge is 0.238 e. The van der Waals surface area contributed by atoms with Crippen LogP contribution in [0.25, 0.3) is 22.2 Å². The second-order valence-electron chi connectivity index (χ2n) is 6.78. The van der Waals surface area contributed by atoms with Gasteiger partial charge in [0.2, 0.25) is 11.8 Å². The van der Waals surface area contributed by atoms with E-state index in [2.05, 4.69) is 31.8 Å². The van der Waals surface area contributed by atoms with Crippen molar-refractivity contribution in [3.8, 4) is 23.1 Å². The molecular weight excluding hydrogens is 384 g/mol. The fourth-order valence-electron chi connectivity index (χ4n) is 3.06. The average molecular weight is 404 g/mol. The van der Waals surface area contributed by atoms with E-state index in [-0.39, 0.29) is 11.8 Å². The zero-order chi connectivity index (χ0) is 21.1. The summed E-state index contributed by atoms with van der Waals surface area (Å²) >= 11 is 0. The second-order valence-corrected chi connectivity index (χ2v) is 6.78. The molecule has 0 aromatic carbocycles. The third-order valence-corrected chi connectivity index (χ3v) is 4.54. The van der Waals surface area contributed by atoms with Crippen LogP contribution in [-0.2, 0) is 16.9 Å². The summed E-state index contributed by atoms with van der Waals surface area (Å²) in [5.41, 5.74) is 7.20. The van der Waals surface area contributed by atoms with Gasteiger partial charge >= 0.3 is 0 Å². The second kappa shape index (κ2) is 7.94. The number of aromatic nitrogens is 5. The number of nitrogens with two attached hydrogens (primary N) is 1. The zero-order valence-electron chi connectivity index (χ0n) is 16.5. The van der Waals surface area contributed by atoms with Crippen LogP contribution >= 0.6 is 0 Å². The van der Waals surface area contributed by atoms with Gasteiger partial charge in [-0.05, 0) is 25.0 Å².